The van der Waals surface area contributed by atoms with Gasteiger partial charge in [0, 0.05) is 51.2 Å². The lowest BCUT2D eigenvalue weighted by atomic mass is 9.64. The van der Waals surface area contributed by atoms with Crippen LogP contribution in [-0.4, -0.2) is 55.1 Å². The summed E-state index contributed by atoms with van der Waals surface area (Å²) in [4.78, 5) is 24.8. The Kier molecular flexibility index (Phi) is 4.15. The largest absolute Gasteiger partial charge is 0.368 e. The molecule has 1 aromatic heterocycles. The number of carbonyl (C=O) groups excluding carboxylic acids is 1. The van der Waals surface area contributed by atoms with Crippen LogP contribution in [0.15, 0.2) is 60.8 Å². The van der Waals surface area contributed by atoms with Crippen LogP contribution in [0, 0.1) is 35.5 Å². The molecule has 5 nitrogen and oxygen atoms in total. The molecule has 2 bridgehead atoms. The van der Waals surface area contributed by atoms with E-state index in [2.05, 4.69) is 57.2 Å². The van der Waals surface area contributed by atoms with Crippen molar-refractivity contribution in [2.24, 2.45) is 35.5 Å². The van der Waals surface area contributed by atoms with Gasteiger partial charge in [0.05, 0.1) is 5.56 Å². The van der Waals surface area contributed by atoms with Crippen LogP contribution in [0.1, 0.15) is 16.8 Å². The Morgan fingerprint density at radius 2 is 1.44 bits per heavy atom. The molecule has 2 aromatic rings. The van der Waals surface area contributed by atoms with Crippen LogP contribution < -0.4 is 9.80 Å². The first kappa shape index (κ1) is 18.7. The van der Waals surface area contributed by atoms with Gasteiger partial charge in [-0.2, -0.15) is 0 Å². The Morgan fingerprint density at radius 1 is 0.781 bits per heavy atom. The molecule has 6 aliphatic rings. The number of allylic oxidation sites excluding steroid dienone is 2. The maximum Gasteiger partial charge on any atom is 0.255 e. The van der Waals surface area contributed by atoms with Gasteiger partial charge < -0.3 is 14.7 Å². The predicted molar refractivity (Wildman–Crippen MR) is 126 cm³/mol. The van der Waals surface area contributed by atoms with Crippen molar-refractivity contribution in [3.8, 4) is 0 Å². The minimum Gasteiger partial charge on any atom is -0.368 e. The summed E-state index contributed by atoms with van der Waals surface area (Å²) in [6.07, 6.45) is 8.17. The zero-order chi connectivity index (χ0) is 21.2. The summed E-state index contributed by atoms with van der Waals surface area (Å²) in [7, 11) is 0. The number of piperazine rings is 1. The highest BCUT2D eigenvalue weighted by Gasteiger charge is 2.61. The molecule has 2 saturated heterocycles. The van der Waals surface area contributed by atoms with Crippen LogP contribution in [-0.2, 0) is 0 Å². The van der Waals surface area contributed by atoms with E-state index in [1.54, 1.807) is 6.20 Å². The summed E-state index contributed by atoms with van der Waals surface area (Å²) >= 11 is 0. The molecule has 6 atom stereocenters. The fraction of sp³-hybridized carbons (Fsp3) is 0.481. The van der Waals surface area contributed by atoms with Gasteiger partial charge in [-0.25, -0.2) is 4.98 Å². The molecule has 32 heavy (non-hydrogen) atoms. The third-order valence-corrected chi connectivity index (χ3v) is 8.84. The lowest BCUT2D eigenvalue weighted by Crippen LogP contribution is -2.46. The van der Waals surface area contributed by atoms with Gasteiger partial charge in [-0.05, 0) is 66.2 Å². The van der Waals surface area contributed by atoms with E-state index in [1.807, 2.05) is 12.1 Å². The fourth-order valence-corrected chi connectivity index (χ4v) is 7.13. The van der Waals surface area contributed by atoms with Gasteiger partial charge in [-0.1, -0.05) is 30.4 Å². The van der Waals surface area contributed by atoms with Crippen LogP contribution in [0.2, 0.25) is 0 Å². The van der Waals surface area contributed by atoms with Crippen molar-refractivity contribution in [3.05, 3.63) is 66.4 Å². The molecule has 0 radical (unpaired) electrons. The summed E-state index contributed by atoms with van der Waals surface area (Å²) in [6.45, 7) is 5.73. The topological polar surface area (TPSA) is 39.7 Å². The Morgan fingerprint density at radius 3 is 2.06 bits per heavy atom. The molecule has 2 saturated carbocycles. The molecule has 164 valence electrons. The second-order valence-electron chi connectivity index (χ2n) is 10.4. The second-order valence-corrected chi connectivity index (χ2v) is 10.4. The Labute approximate surface area is 189 Å². The van der Waals surface area contributed by atoms with Crippen LogP contribution in [0.3, 0.4) is 0 Å². The Bertz CT molecular complexity index is 1020. The van der Waals surface area contributed by atoms with Crippen molar-refractivity contribution in [2.75, 3.05) is 49.1 Å². The van der Waals surface area contributed by atoms with Crippen molar-refractivity contribution in [1.82, 2.24) is 9.88 Å². The molecule has 0 N–H and O–H groups in total. The number of hydrogen-bond acceptors (Lipinski definition) is 4. The molecule has 1 aromatic carbocycles. The van der Waals surface area contributed by atoms with E-state index in [0.29, 0.717) is 11.8 Å². The number of para-hydroxylation sites is 1. The minimum absolute atomic E-state index is 0.167. The molecular formula is C27H30N4O. The average molecular weight is 427 g/mol. The number of hydrogen-bond donors (Lipinski definition) is 0. The van der Waals surface area contributed by atoms with Gasteiger partial charge in [0.15, 0.2) is 0 Å². The maximum atomic E-state index is 13.2. The van der Waals surface area contributed by atoms with E-state index in [4.69, 9.17) is 4.98 Å². The summed E-state index contributed by atoms with van der Waals surface area (Å²) in [5.74, 6) is 5.81. The number of likely N-dealkylation sites (tertiary alicyclic amines) is 1. The number of pyridine rings is 1. The average Bonchev–Trinajstić information content (AvgIpc) is 3.56. The first-order chi connectivity index (χ1) is 15.8. The third-order valence-electron chi connectivity index (χ3n) is 8.84. The first-order valence-electron chi connectivity index (χ1n) is 12.2. The monoisotopic (exact) mass is 426 g/mol. The van der Waals surface area contributed by atoms with Crippen molar-refractivity contribution in [2.45, 2.75) is 6.42 Å². The number of benzene rings is 1. The summed E-state index contributed by atoms with van der Waals surface area (Å²) in [5, 5.41) is 0. The normalized spacial score (nSPS) is 34.4. The highest BCUT2D eigenvalue weighted by atomic mass is 16.2. The fourth-order valence-electron chi connectivity index (χ4n) is 7.13. The lowest BCUT2D eigenvalue weighted by molar-refractivity contribution is 0.0781. The van der Waals surface area contributed by atoms with Crippen molar-refractivity contribution >= 4 is 17.4 Å². The van der Waals surface area contributed by atoms with E-state index in [0.717, 1.165) is 74.3 Å². The van der Waals surface area contributed by atoms with E-state index < -0.39 is 0 Å². The SMILES string of the molecule is O=C(c1ccc(N2CCN(c3ccccc3)CC2)nc1)N1CC2[C@@H](C1)[C@H]1C=C[C@@H]2[C@@H]2C[C@H]12. The van der Waals surface area contributed by atoms with Gasteiger partial charge in [0.25, 0.3) is 5.91 Å². The molecule has 5 heteroatoms. The quantitative estimate of drug-likeness (QED) is 0.704. The van der Waals surface area contributed by atoms with E-state index in [-0.39, 0.29) is 5.91 Å². The molecule has 8 rings (SSSR count). The van der Waals surface area contributed by atoms with Gasteiger partial charge in [-0.3, -0.25) is 4.79 Å². The van der Waals surface area contributed by atoms with Crippen LogP contribution in [0.4, 0.5) is 11.5 Å². The summed E-state index contributed by atoms with van der Waals surface area (Å²) in [6, 6.07) is 14.6. The van der Waals surface area contributed by atoms with Crippen molar-refractivity contribution in [3.63, 3.8) is 0 Å². The lowest BCUT2D eigenvalue weighted by Gasteiger charge is -2.40. The van der Waals surface area contributed by atoms with E-state index in [1.165, 1.54) is 12.1 Å². The maximum absolute atomic E-state index is 13.2. The number of rotatable bonds is 3. The molecule has 1 amide bonds. The van der Waals surface area contributed by atoms with Crippen molar-refractivity contribution in [1.29, 1.82) is 0 Å². The van der Waals surface area contributed by atoms with Gasteiger partial charge in [0.2, 0.25) is 0 Å². The van der Waals surface area contributed by atoms with Crippen LogP contribution >= 0.6 is 0 Å². The summed E-state index contributed by atoms with van der Waals surface area (Å²) < 4.78 is 0. The first-order valence-corrected chi connectivity index (χ1v) is 12.2. The number of aromatic nitrogens is 1. The predicted octanol–water partition coefficient (Wildman–Crippen LogP) is 3.55. The molecule has 2 aliphatic heterocycles. The summed E-state index contributed by atoms with van der Waals surface area (Å²) in [5.41, 5.74) is 2.02. The second kappa shape index (κ2) is 7.09. The molecule has 0 spiro atoms. The minimum atomic E-state index is 0.167. The number of anilines is 2. The van der Waals surface area contributed by atoms with Gasteiger partial charge in [-0.15, -0.1) is 0 Å². The highest BCUT2D eigenvalue weighted by molar-refractivity contribution is 5.94. The third kappa shape index (κ3) is 2.90. The standard InChI is InChI=1S/C27H30N4O/c32-27(31-16-24-20-7-8-21(25(24)17-31)23-14-22(20)23)18-6-9-26(28-15-18)30-12-10-29(11-13-30)19-4-2-1-3-5-19/h1-9,15,20-25H,10-14,16-17H2/t20-,21+,22+,23-,24-,25?/m0/s1. The number of nitrogens with zero attached hydrogens (tertiary/aromatic N) is 4. The Hall–Kier alpha value is -2.82. The van der Waals surface area contributed by atoms with Gasteiger partial charge in [0.1, 0.15) is 5.82 Å². The molecule has 1 unspecified atom stereocenters. The smallest absolute Gasteiger partial charge is 0.255 e. The zero-order valence-electron chi connectivity index (χ0n) is 18.4. The van der Waals surface area contributed by atoms with E-state index in [9.17, 15) is 4.79 Å². The molecular weight excluding hydrogens is 396 g/mol. The van der Waals surface area contributed by atoms with E-state index >= 15 is 0 Å². The van der Waals surface area contributed by atoms with Crippen LogP contribution in [0.25, 0.3) is 0 Å². The number of amides is 1. The van der Waals surface area contributed by atoms with Crippen molar-refractivity contribution < 1.29 is 4.79 Å². The molecule has 3 heterocycles. The zero-order valence-corrected chi connectivity index (χ0v) is 18.4. The Balaban J connectivity index is 0.998. The molecule has 4 aliphatic carbocycles. The van der Waals surface area contributed by atoms with Crippen LogP contribution in [0.5, 0.6) is 0 Å². The molecule has 4 fully saturated rings. The highest BCUT2D eigenvalue weighted by Crippen LogP contribution is 2.64. The van der Waals surface area contributed by atoms with Gasteiger partial charge >= 0.3 is 0 Å². The number of carbonyl (C=O) groups is 1.